The molecule has 2 amide bonds. The maximum Gasteiger partial charge on any atom is 0.332 e. The number of rotatable bonds is 5. The van der Waals surface area contributed by atoms with E-state index in [2.05, 4.69) is 15.1 Å². The molecule has 23 heavy (non-hydrogen) atoms. The third-order valence-corrected chi connectivity index (χ3v) is 2.96. The van der Waals surface area contributed by atoms with Crippen molar-refractivity contribution < 1.29 is 20.1 Å². The molecule has 0 radical (unpaired) electrons. The maximum absolute atomic E-state index is 12.1. The number of hydrogen-bond acceptors (Lipinski definition) is 7. The van der Waals surface area contributed by atoms with E-state index >= 15 is 0 Å². The smallest absolute Gasteiger partial charge is 0.332 e. The number of nitrogens with two attached hydrogens (primary N) is 1. The number of amides is 2. The average molecular weight is 321 g/mol. The first-order valence-corrected chi connectivity index (χ1v) is 6.53. The molecule has 122 valence electrons. The van der Waals surface area contributed by atoms with Crippen molar-refractivity contribution in [1.29, 1.82) is 0 Å². The van der Waals surface area contributed by atoms with Crippen molar-refractivity contribution in [2.75, 3.05) is 6.61 Å². The average Bonchev–Trinajstić information content (AvgIpc) is 2.54. The third-order valence-electron chi connectivity index (χ3n) is 2.96. The highest BCUT2D eigenvalue weighted by molar-refractivity contribution is 6.03. The largest absolute Gasteiger partial charge is 0.394 e. The number of fused-ring (bicyclic) bond motifs is 1. The number of aliphatic hydroxyl groups is 3. The summed E-state index contributed by atoms with van der Waals surface area (Å²) in [7, 11) is 0. The van der Waals surface area contributed by atoms with Gasteiger partial charge in [0.1, 0.15) is 17.9 Å². The van der Waals surface area contributed by atoms with Gasteiger partial charge in [-0.05, 0) is 12.1 Å². The van der Waals surface area contributed by atoms with E-state index in [0.717, 1.165) is 0 Å². The van der Waals surface area contributed by atoms with Crippen LogP contribution in [0.5, 0.6) is 0 Å². The number of carbonyl (C=O) groups is 1. The molecule has 0 saturated carbocycles. The molecule has 0 aliphatic rings. The van der Waals surface area contributed by atoms with Crippen LogP contribution in [0.1, 0.15) is 5.69 Å². The molecule has 2 rings (SSSR count). The van der Waals surface area contributed by atoms with E-state index in [1.165, 1.54) is 0 Å². The van der Waals surface area contributed by atoms with Crippen LogP contribution in [0.25, 0.3) is 11.0 Å². The Kier molecular flexibility index (Phi) is 5.01. The summed E-state index contributed by atoms with van der Waals surface area (Å²) in [5, 5.41) is 32.0. The summed E-state index contributed by atoms with van der Waals surface area (Å²) in [6.07, 6.45) is -3.39. The zero-order valence-corrected chi connectivity index (χ0v) is 11.8. The summed E-state index contributed by atoms with van der Waals surface area (Å²) in [5.74, 6) is 0. The molecule has 0 fully saturated rings. The molecular weight excluding hydrogens is 306 g/mol. The zero-order valence-electron chi connectivity index (χ0n) is 11.8. The Morgan fingerprint density at radius 1 is 1.39 bits per heavy atom. The zero-order chi connectivity index (χ0) is 17.0. The number of aromatic nitrogens is 2. The number of aromatic amines is 1. The highest BCUT2D eigenvalue weighted by Crippen LogP contribution is 2.09. The van der Waals surface area contributed by atoms with Crippen LogP contribution in [-0.4, -0.2) is 55.8 Å². The molecule has 2 unspecified atom stereocenters. The molecule has 7 N–H and O–H groups in total. The number of hydrazone groups is 1. The van der Waals surface area contributed by atoms with Crippen molar-refractivity contribution in [3.8, 4) is 0 Å². The minimum absolute atomic E-state index is 0.322. The first-order chi connectivity index (χ1) is 10.9. The van der Waals surface area contributed by atoms with Crippen LogP contribution in [0.3, 0.4) is 0 Å². The van der Waals surface area contributed by atoms with Gasteiger partial charge in [0, 0.05) is 0 Å². The van der Waals surface area contributed by atoms with Gasteiger partial charge in [-0.15, -0.1) is 0 Å². The second-order valence-corrected chi connectivity index (χ2v) is 4.60. The Labute approximate surface area is 129 Å². The van der Waals surface area contributed by atoms with Crippen molar-refractivity contribution in [1.82, 2.24) is 15.4 Å². The number of carbonyl (C=O) groups excluding carboxylic acids is 1. The van der Waals surface area contributed by atoms with E-state index in [9.17, 15) is 19.8 Å². The molecule has 1 aromatic carbocycles. The highest BCUT2D eigenvalue weighted by Gasteiger charge is 2.27. The molecule has 10 heteroatoms. The van der Waals surface area contributed by atoms with E-state index in [0.29, 0.717) is 11.0 Å². The van der Waals surface area contributed by atoms with Crippen molar-refractivity contribution in [2.45, 2.75) is 12.2 Å². The predicted octanol–water partition coefficient (Wildman–Crippen LogP) is -1.99. The second-order valence-electron chi connectivity index (χ2n) is 4.60. The number of nitrogens with one attached hydrogen (secondary N) is 2. The van der Waals surface area contributed by atoms with Gasteiger partial charge in [-0.1, -0.05) is 12.1 Å². The van der Waals surface area contributed by atoms with Gasteiger partial charge in [0.2, 0.25) is 0 Å². The van der Waals surface area contributed by atoms with Gasteiger partial charge in [-0.3, -0.25) is 4.79 Å². The molecule has 0 bridgehead atoms. The lowest BCUT2D eigenvalue weighted by Crippen LogP contribution is -2.41. The van der Waals surface area contributed by atoms with Gasteiger partial charge in [-0.2, -0.15) is 5.10 Å². The molecule has 0 saturated heterocycles. The number of hydrogen-bond donors (Lipinski definition) is 6. The first kappa shape index (κ1) is 16.5. The first-order valence-electron chi connectivity index (χ1n) is 6.53. The van der Waals surface area contributed by atoms with Crippen LogP contribution in [0.4, 0.5) is 4.79 Å². The lowest BCUT2D eigenvalue weighted by atomic mass is 10.1. The molecule has 0 aliphatic carbocycles. The fourth-order valence-corrected chi connectivity index (χ4v) is 1.86. The molecule has 0 aliphatic heterocycles. The summed E-state index contributed by atoms with van der Waals surface area (Å²) < 4.78 is 0. The Morgan fingerprint density at radius 2 is 2.09 bits per heavy atom. The highest BCUT2D eigenvalue weighted by atomic mass is 16.4. The van der Waals surface area contributed by atoms with Crippen LogP contribution in [0.2, 0.25) is 0 Å². The maximum atomic E-state index is 12.1. The van der Waals surface area contributed by atoms with Crippen LogP contribution in [0, 0.1) is 0 Å². The van der Waals surface area contributed by atoms with E-state index in [1.54, 1.807) is 24.3 Å². The SMILES string of the molecule is NC(=O)N/N=C(/c1nc2ccccc2[nH]c1=O)C(O)C(O)CO. The lowest BCUT2D eigenvalue weighted by molar-refractivity contribution is 0.0183. The molecule has 0 spiro atoms. The van der Waals surface area contributed by atoms with Gasteiger partial charge < -0.3 is 26.0 Å². The molecule has 10 nitrogen and oxygen atoms in total. The minimum atomic E-state index is -1.76. The monoisotopic (exact) mass is 321 g/mol. The van der Waals surface area contributed by atoms with Crippen LogP contribution < -0.4 is 16.7 Å². The number of primary amides is 1. The van der Waals surface area contributed by atoms with E-state index in [4.69, 9.17) is 10.8 Å². The van der Waals surface area contributed by atoms with Gasteiger partial charge in [0.15, 0.2) is 5.69 Å². The Balaban J connectivity index is 2.58. The summed E-state index contributed by atoms with van der Waals surface area (Å²) in [6.45, 7) is -0.789. The summed E-state index contributed by atoms with van der Waals surface area (Å²) >= 11 is 0. The molecule has 1 heterocycles. The predicted molar refractivity (Wildman–Crippen MR) is 80.7 cm³/mol. The molecule has 2 atom stereocenters. The normalized spacial score (nSPS) is 14.5. The van der Waals surface area contributed by atoms with Gasteiger partial charge in [0.25, 0.3) is 5.56 Å². The quantitative estimate of drug-likeness (QED) is 0.274. The van der Waals surface area contributed by atoms with Gasteiger partial charge >= 0.3 is 6.03 Å². The molecule has 1 aromatic heterocycles. The number of para-hydroxylation sites is 2. The summed E-state index contributed by atoms with van der Waals surface area (Å²) in [6, 6.07) is 5.60. The number of aliphatic hydroxyl groups excluding tert-OH is 3. The molecule has 2 aromatic rings. The standard InChI is InChI=1S/C13H15N5O5/c14-13(23)18-17-9(11(21)8(20)5-19)10-12(22)16-7-4-2-1-3-6(7)15-10/h1-4,8,11,19-21H,5H2,(H,16,22)(H3,14,18,23)/b17-9-. The van der Waals surface area contributed by atoms with Crippen LogP contribution in [-0.2, 0) is 0 Å². The third kappa shape index (κ3) is 3.69. The Hall–Kier alpha value is -2.82. The lowest BCUT2D eigenvalue weighted by Gasteiger charge is -2.17. The van der Waals surface area contributed by atoms with E-state index < -0.39 is 36.1 Å². The van der Waals surface area contributed by atoms with Crippen LogP contribution in [0.15, 0.2) is 34.2 Å². The Morgan fingerprint density at radius 3 is 2.74 bits per heavy atom. The van der Waals surface area contributed by atoms with E-state index in [1.807, 2.05) is 5.43 Å². The van der Waals surface area contributed by atoms with Crippen molar-refractivity contribution in [3.05, 3.63) is 40.3 Å². The fourth-order valence-electron chi connectivity index (χ4n) is 1.86. The van der Waals surface area contributed by atoms with Crippen LogP contribution >= 0.6 is 0 Å². The van der Waals surface area contributed by atoms with E-state index in [-0.39, 0.29) is 5.69 Å². The van der Waals surface area contributed by atoms with Gasteiger partial charge in [0.05, 0.1) is 17.6 Å². The summed E-state index contributed by atoms with van der Waals surface area (Å²) in [5.41, 5.74) is 6.17. The number of urea groups is 1. The number of benzene rings is 1. The van der Waals surface area contributed by atoms with Crippen molar-refractivity contribution >= 4 is 22.8 Å². The minimum Gasteiger partial charge on any atom is -0.394 e. The molecular formula is C13H15N5O5. The van der Waals surface area contributed by atoms with Gasteiger partial charge in [-0.25, -0.2) is 15.2 Å². The number of nitrogens with zero attached hydrogens (tertiary/aromatic N) is 2. The fraction of sp³-hybridized carbons (Fsp3) is 0.231. The topological polar surface area (TPSA) is 174 Å². The summed E-state index contributed by atoms with van der Waals surface area (Å²) in [4.78, 5) is 29.5. The van der Waals surface area contributed by atoms with Crippen molar-refractivity contribution in [3.63, 3.8) is 0 Å². The van der Waals surface area contributed by atoms with Crippen molar-refractivity contribution in [2.24, 2.45) is 10.8 Å². The second kappa shape index (κ2) is 6.96. The Bertz CT molecular complexity index is 803. The number of H-pyrrole nitrogens is 1.